The smallest absolute Gasteiger partial charge is 0.201 e. The van der Waals surface area contributed by atoms with E-state index in [1.165, 1.54) is 12.1 Å². The lowest BCUT2D eigenvalue weighted by Crippen LogP contribution is -2.06. The zero-order valence-corrected chi connectivity index (χ0v) is 19.4. The average Bonchev–Trinajstić information content (AvgIpc) is 2.85. The van der Waals surface area contributed by atoms with E-state index in [1.807, 2.05) is 6.08 Å². The Morgan fingerprint density at radius 1 is 0.735 bits per heavy atom. The van der Waals surface area contributed by atoms with E-state index < -0.39 is 23.3 Å². The molecule has 1 unspecified atom stereocenters. The van der Waals surface area contributed by atoms with Gasteiger partial charge < -0.3 is 4.74 Å². The molecular weight excluding hydrogens is 440 g/mol. The van der Waals surface area contributed by atoms with Crippen LogP contribution in [-0.4, -0.2) is 6.61 Å². The first kappa shape index (κ1) is 24.1. The number of rotatable bonds is 7. The molecule has 1 aliphatic carbocycles. The summed E-state index contributed by atoms with van der Waals surface area (Å²) in [6.07, 6.45) is 6.97. The fourth-order valence-electron chi connectivity index (χ4n) is 4.67. The maximum Gasteiger partial charge on any atom is 0.201 e. The maximum atomic E-state index is 15.0. The van der Waals surface area contributed by atoms with Crippen LogP contribution in [0.15, 0.2) is 54.6 Å². The quantitative estimate of drug-likeness (QED) is 0.315. The third-order valence-electron chi connectivity index (χ3n) is 6.50. The van der Waals surface area contributed by atoms with E-state index in [9.17, 15) is 8.78 Å². The SMILES string of the molecule is CCCC1CC=C(c2ccc(-c3ccc(-c4ccc(OCC)c(F)c4F)cc3)c(F)c2F)CC1. The van der Waals surface area contributed by atoms with Crippen LogP contribution in [0.25, 0.3) is 27.8 Å². The minimum Gasteiger partial charge on any atom is -0.491 e. The van der Waals surface area contributed by atoms with Crippen molar-refractivity contribution in [1.82, 2.24) is 0 Å². The molecule has 34 heavy (non-hydrogen) atoms. The third kappa shape index (κ3) is 4.75. The van der Waals surface area contributed by atoms with Gasteiger partial charge in [-0.25, -0.2) is 13.2 Å². The van der Waals surface area contributed by atoms with E-state index in [1.54, 1.807) is 43.3 Å². The Bertz CT molecular complexity index is 1200. The number of allylic oxidation sites excluding steroid dienone is 2. The second kappa shape index (κ2) is 10.5. The van der Waals surface area contributed by atoms with Gasteiger partial charge in [0.05, 0.1) is 6.61 Å². The Morgan fingerprint density at radius 2 is 1.29 bits per heavy atom. The van der Waals surface area contributed by atoms with Gasteiger partial charge in [-0.15, -0.1) is 0 Å². The van der Waals surface area contributed by atoms with Gasteiger partial charge in [-0.2, -0.15) is 4.39 Å². The molecule has 0 saturated carbocycles. The van der Waals surface area contributed by atoms with Crippen LogP contribution in [0.4, 0.5) is 17.6 Å². The highest BCUT2D eigenvalue weighted by atomic mass is 19.2. The Hall–Kier alpha value is -3.08. The Morgan fingerprint density at radius 3 is 1.85 bits per heavy atom. The van der Waals surface area contributed by atoms with E-state index >= 15 is 8.78 Å². The molecule has 5 heteroatoms. The van der Waals surface area contributed by atoms with Gasteiger partial charge >= 0.3 is 0 Å². The monoisotopic (exact) mass is 468 g/mol. The van der Waals surface area contributed by atoms with Crippen molar-refractivity contribution in [3.05, 3.63) is 83.4 Å². The zero-order valence-electron chi connectivity index (χ0n) is 19.4. The van der Waals surface area contributed by atoms with Crippen molar-refractivity contribution in [3.63, 3.8) is 0 Å². The second-order valence-corrected chi connectivity index (χ2v) is 8.70. The third-order valence-corrected chi connectivity index (χ3v) is 6.50. The molecule has 0 radical (unpaired) electrons. The Balaban J connectivity index is 1.59. The summed E-state index contributed by atoms with van der Waals surface area (Å²) >= 11 is 0. The van der Waals surface area contributed by atoms with Crippen molar-refractivity contribution in [2.24, 2.45) is 5.92 Å². The van der Waals surface area contributed by atoms with Crippen LogP contribution < -0.4 is 4.74 Å². The highest BCUT2D eigenvalue weighted by Crippen LogP contribution is 2.37. The fraction of sp³-hybridized carbons (Fsp3) is 0.310. The van der Waals surface area contributed by atoms with E-state index in [-0.39, 0.29) is 23.5 Å². The van der Waals surface area contributed by atoms with Crippen molar-refractivity contribution in [2.45, 2.75) is 46.0 Å². The number of hydrogen-bond acceptors (Lipinski definition) is 1. The van der Waals surface area contributed by atoms with Crippen molar-refractivity contribution in [1.29, 1.82) is 0 Å². The Kier molecular flexibility index (Phi) is 7.40. The number of benzene rings is 3. The lowest BCUT2D eigenvalue weighted by Gasteiger charge is -2.22. The molecule has 1 atom stereocenters. The average molecular weight is 469 g/mol. The minimum atomic E-state index is -1.05. The summed E-state index contributed by atoms with van der Waals surface area (Å²) in [5, 5.41) is 0. The molecule has 4 rings (SSSR count). The van der Waals surface area contributed by atoms with Crippen LogP contribution in [0.3, 0.4) is 0 Å². The summed E-state index contributed by atoms with van der Waals surface area (Å²) in [7, 11) is 0. The summed E-state index contributed by atoms with van der Waals surface area (Å²) in [5.74, 6) is -3.34. The highest BCUT2D eigenvalue weighted by molar-refractivity contribution is 5.74. The molecule has 0 aliphatic heterocycles. The van der Waals surface area contributed by atoms with Crippen LogP contribution in [0.1, 0.15) is 51.5 Å². The van der Waals surface area contributed by atoms with Gasteiger partial charge in [-0.05, 0) is 60.9 Å². The summed E-state index contributed by atoms with van der Waals surface area (Å²) in [5.41, 5.74) is 2.26. The topological polar surface area (TPSA) is 9.23 Å². The molecule has 0 bridgehead atoms. The first-order valence-electron chi connectivity index (χ1n) is 11.8. The predicted octanol–water partition coefficient (Wildman–Crippen LogP) is 8.96. The van der Waals surface area contributed by atoms with Crippen LogP contribution in [0.5, 0.6) is 5.75 Å². The summed E-state index contributed by atoms with van der Waals surface area (Å²) in [4.78, 5) is 0. The van der Waals surface area contributed by atoms with E-state index in [2.05, 4.69) is 6.92 Å². The molecule has 1 nitrogen and oxygen atoms in total. The van der Waals surface area contributed by atoms with Crippen molar-refractivity contribution in [2.75, 3.05) is 6.61 Å². The standard InChI is InChI=1S/C29H28F4O/c1-3-5-18-6-8-19(9-7-18)22-14-15-23(27(31)26(22)30)20-10-12-21(13-11-20)24-16-17-25(34-4-2)29(33)28(24)32/h8,10-18H,3-7,9H2,1-2H3. The van der Waals surface area contributed by atoms with Gasteiger partial charge in [0.15, 0.2) is 23.2 Å². The van der Waals surface area contributed by atoms with Gasteiger partial charge in [-0.1, -0.05) is 62.2 Å². The first-order chi connectivity index (χ1) is 16.4. The molecule has 0 N–H and O–H groups in total. The first-order valence-corrected chi connectivity index (χ1v) is 11.8. The minimum absolute atomic E-state index is 0.0696. The highest BCUT2D eigenvalue weighted by Gasteiger charge is 2.21. The largest absolute Gasteiger partial charge is 0.491 e. The van der Waals surface area contributed by atoms with Crippen molar-refractivity contribution >= 4 is 5.57 Å². The summed E-state index contributed by atoms with van der Waals surface area (Å²) in [6.45, 7) is 4.07. The number of ether oxygens (including phenoxy) is 1. The fourth-order valence-corrected chi connectivity index (χ4v) is 4.67. The number of halogens is 4. The second-order valence-electron chi connectivity index (χ2n) is 8.70. The molecule has 1 aliphatic rings. The summed E-state index contributed by atoms with van der Waals surface area (Å²) in [6, 6.07) is 12.3. The van der Waals surface area contributed by atoms with Gasteiger partial charge in [0, 0.05) is 16.7 Å². The molecule has 178 valence electrons. The molecule has 3 aromatic carbocycles. The Labute approximate surface area is 198 Å². The zero-order chi connectivity index (χ0) is 24.2. The molecule has 0 amide bonds. The van der Waals surface area contributed by atoms with Crippen molar-refractivity contribution < 1.29 is 22.3 Å². The molecule has 0 fully saturated rings. The lowest BCUT2D eigenvalue weighted by atomic mass is 9.84. The van der Waals surface area contributed by atoms with E-state index in [0.717, 1.165) is 37.7 Å². The molecule has 0 saturated heterocycles. The molecular formula is C29H28F4O. The predicted molar refractivity (Wildman–Crippen MR) is 129 cm³/mol. The molecule has 0 aromatic heterocycles. The van der Waals surface area contributed by atoms with Crippen LogP contribution >= 0.6 is 0 Å². The molecule has 0 spiro atoms. The normalized spacial score (nSPS) is 15.8. The van der Waals surface area contributed by atoms with Gasteiger partial charge in [-0.3, -0.25) is 0 Å². The van der Waals surface area contributed by atoms with Crippen LogP contribution in [-0.2, 0) is 0 Å². The van der Waals surface area contributed by atoms with Crippen molar-refractivity contribution in [3.8, 4) is 28.0 Å². The van der Waals surface area contributed by atoms with E-state index in [4.69, 9.17) is 4.74 Å². The van der Waals surface area contributed by atoms with Crippen LogP contribution in [0.2, 0.25) is 0 Å². The van der Waals surface area contributed by atoms with Gasteiger partial charge in [0.25, 0.3) is 0 Å². The van der Waals surface area contributed by atoms with Crippen LogP contribution in [0, 0.1) is 29.2 Å². The van der Waals surface area contributed by atoms with E-state index in [0.29, 0.717) is 22.6 Å². The summed E-state index contributed by atoms with van der Waals surface area (Å²) < 4.78 is 63.9. The number of hydrogen-bond donors (Lipinski definition) is 0. The van der Waals surface area contributed by atoms with Gasteiger partial charge in [0.1, 0.15) is 0 Å². The maximum absolute atomic E-state index is 15.0. The lowest BCUT2D eigenvalue weighted by molar-refractivity contribution is 0.314. The van der Waals surface area contributed by atoms with Gasteiger partial charge in [0.2, 0.25) is 5.82 Å². The molecule has 0 heterocycles. The molecule has 3 aromatic rings.